The molecule has 0 bridgehead atoms. The van der Waals surface area contributed by atoms with Gasteiger partial charge in [0, 0.05) is 18.6 Å². The predicted molar refractivity (Wildman–Crippen MR) is 111 cm³/mol. The first-order valence-corrected chi connectivity index (χ1v) is 9.95. The Bertz CT molecular complexity index is 896. The van der Waals surface area contributed by atoms with E-state index in [0.29, 0.717) is 18.2 Å². The summed E-state index contributed by atoms with van der Waals surface area (Å²) in [5.74, 6) is 0.0977. The van der Waals surface area contributed by atoms with Crippen molar-refractivity contribution in [2.45, 2.75) is 38.8 Å². The lowest BCUT2D eigenvalue weighted by molar-refractivity contribution is -0.129. The molecule has 0 radical (unpaired) electrons. The topological polar surface area (TPSA) is 113 Å². The Kier molecular flexibility index (Phi) is 5.93. The maximum absolute atomic E-state index is 12.0. The summed E-state index contributed by atoms with van der Waals surface area (Å²) in [5, 5.41) is 9.32. The van der Waals surface area contributed by atoms with Crippen LogP contribution in [-0.4, -0.2) is 45.3 Å². The molecule has 1 aliphatic heterocycles. The molecule has 8 nitrogen and oxygen atoms in total. The summed E-state index contributed by atoms with van der Waals surface area (Å²) < 4.78 is 0. The van der Waals surface area contributed by atoms with Crippen LogP contribution in [-0.2, 0) is 4.79 Å². The van der Waals surface area contributed by atoms with Gasteiger partial charge in [-0.25, -0.2) is 9.97 Å². The van der Waals surface area contributed by atoms with Crippen molar-refractivity contribution in [3.8, 4) is 0 Å². The molecular weight excluding hydrogens is 376 g/mol. The largest absolute Gasteiger partial charge is 0.364 e. The molecular formula is C19H24N6O2S. The number of hydrogen-bond donors (Lipinski definition) is 3. The van der Waals surface area contributed by atoms with Crippen LogP contribution >= 0.6 is 11.3 Å². The van der Waals surface area contributed by atoms with E-state index in [-0.39, 0.29) is 23.7 Å². The van der Waals surface area contributed by atoms with Crippen molar-refractivity contribution in [1.29, 1.82) is 0 Å². The molecule has 1 aliphatic rings. The average molecular weight is 401 g/mol. The van der Waals surface area contributed by atoms with Gasteiger partial charge in [0.1, 0.15) is 5.82 Å². The van der Waals surface area contributed by atoms with Crippen LogP contribution in [0.3, 0.4) is 0 Å². The minimum absolute atomic E-state index is 0.0169. The second-order valence-electron chi connectivity index (χ2n) is 6.80. The lowest BCUT2D eigenvalue weighted by atomic mass is 9.97. The molecule has 4 N–H and O–H groups in total. The van der Waals surface area contributed by atoms with Crippen LogP contribution in [0.15, 0.2) is 30.3 Å². The summed E-state index contributed by atoms with van der Waals surface area (Å²) in [5.41, 5.74) is 6.63. The normalized spacial score (nSPS) is 19.1. The van der Waals surface area contributed by atoms with Crippen molar-refractivity contribution >= 4 is 39.8 Å². The van der Waals surface area contributed by atoms with E-state index < -0.39 is 5.91 Å². The molecule has 28 heavy (non-hydrogen) atoms. The van der Waals surface area contributed by atoms with Crippen LogP contribution < -0.4 is 16.4 Å². The van der Waals surface area contributed by atoms with Gasteiger partial charge in [-0.05, 0) is 49.8 Å². The third-order valence-corrected chi connectivity index (χ3v) is 5.72. The van der Waals surface area contributed by atoms with Gasteiger partial charge in [-0.3, -0.25) is 9.59 Å². The summed E-state index contributed by atoms with van der Waals surface area (Å²) in [6.45, 7) is 8.27. The Labute approximate surface area is 167 Å². The SMILES string of the molecule is C=CC(=O)N1CCC[C@@H](Nc2cnc(C(N)=O)c(Nc3cc(C)cs3)n2)[C@H]1C. The lowest BCUT2D eigenvalue weighted by Gasteiger charge is -2.39. The number of rotatable bonds is 6. The lowest BCUT2D eigenvalue weighted by Crippen LogP contribution is -2.51. The van der Waals surface area contributed by atoms with Gasteiger partial charge < -0.3 is 21.3 Å². The molecule has 0 aliphatic carbocycles. The number of anilines is 3. The number of carbonyl (C=O) groups is 2. The molecule has 2 amide bonds. The number of carbonyl (C=O) groups excluding carboxylic acids is 2. The van der Waals surface area contributed by atoms with Gasteiger partial charge in [-0.2, -0.15) is 0 Å². The molecule has 148 valence electrons. The number of piperidine rings is 1. The zero-order chi connectivity index (χ0) is 20.3. The number of amides is 2. The summed E-state index contributed by atoms with van der Waals surface area (Å²) in [6.07, 6.45) is 4.61. The van der Waals surface area contributed by atoms with Crippen molar-refractivity contribution in [2.24, 2.45) is 5.73 Å². The van der Waals surface area contributed by atoms with Crippen molar-refractivity contribution in [3.05, 3.63) is 41.6 Å². The van der Waals surface area contributed by atoms with Crippen LogP contribution in [0.1, 0.15) is 35.8 Å². The first-order valence-electron chi connectivity index (χ1n) is 9.07. The maximum atomic E-state index is 12.0. The molecule has 0 aromatic carbocycles. The van der Waals surface area contributed by atoms with Crippen LogP contribution in [0.2, 0.25) is 0 Å². The second-order valence-corrected chi connectivity index (χ2v) is 7.71. The van der Waals surface area contributed by atoms with Crippen LogP contribution in [0, 0.1) is 6.92 Å². The highest BCUT2D eigenvalue weighted by atomic mass is 32.1. The third-order valence-electron chi connectivity index (χ3n) is 4.76. The highest BCUT2D eigenvalue weighted by molar-refractivity contribution is 7.14. The van der Waals surface area contributed by atoms with Gasteiger partial charge in [0.15, 0.2) is 11.5 Å². The first-order chi connectivity index (χ1) is 13.4. The van der Waals surface area contributed by atoms with Crippen LogP contribution in [0.4, 0.5) is 16.6 Å². The van der Waals surface area contributed by atoms with Crippen LogP contribution in [0.5, 0.6) is 0 Å². The first kappa shape index (κ1) is 19.8. The molecule has 2 aromatic rings. The van der Waals surface area contributed by atoms with E-state index in [1.54, 1.807) is 4.90 Å². The van der Waals surface area contributed by atoms with Crippen molar-refractivity contribution < 1.29 is 9.59 Å². The Balaban J connectivity index is 1.82. The van der Waals surface area contributed by atoms with Crippen LogP contribution in [0.25, 0.3) is 0 Å². The van der Waals surface area contributed by atoms with E-state index in [1.807, 2.05) is 25.3 Å². The highest BCUT2D eigenvalue weighted by Crippen LogP contribution is 2.26. The Morgan fingerprint density at radius 1 is 1.46 bits per heavy atom. The van der Waals surface area contributed by atoms with Gasteiger partial charge in [0.05, 0.1) is 11.2 Å². The second kappa shape index (κ2) is 8.39. The molecule has 3 rings (SSSR count). The minimum atomic E-state index is -0.649. The molecule has 2 atom stereocenters. The molecule has 0 unspecified atom stereocenters. The molecule has 1 fully saturated rings. The van der Waals surface area contributed by atoms with E-state index in [4.69, 9.17) is 5.73 Å². The number of nitrogens with two attached hydrogens (primary N) is 1. The Hall–Kier alpha value is -2.94. The van der Waals surface area contributed by atoms with E-state index in [0.717, 1.165) is 23.4 Å². The van der Waals surface area contributed by atoms with Gasteiger partial charge in [-0.1, -0.05) is 6.58 Å². The zero-order valence-electron chi connectivity index (χ0n) is 15.9. The minimum Gasteiger partial charge on any atom is -0.364 e. The van der Waals surface area contributed by atoms with Gasteiger partial charge in [-0.15, -0.1) is 11.3 Å². The summed E-state index contributed by atoms with van der Waals surface area (Å²) in [4.78, 5) is 34.3. The quantitative estimate of drug-likeness (QED) is 0.643. The molecule has 1 saturated heterocycles. The predicted octanol–water partition coefficient (Wildman–Crippen LogP) is 2.67. The molecule has 9 heteroatoms. The molecule has 0 spiro atoms. The zero-order valence-corrected chi connectivity index (χ0v) is 16.8. The number of likely N-dealkylation sites (tertiary alicyclic amines) is 1. The number of aryl methyl sites for hydroxylation is 1. The van der Waals surface area contributed by atoms with Crippen molar-refractivity contribution in [3.63, 3.8) is 0 Å². The van der Waals surface area contributed by atoms with Gasteiger partial charge in [0.2, 0.25) is 5.91 Å². The number of hydrogen-bond acceptors (Lipinski definition) is 7. The number of primary amides is 1. The third kappa shape index (κ3) is 4.30. The monoisotopic (exact) mass is 400 g/mol. The standard InChI is InChI=1S/C19H24N6O2S/c1-4-16(26)25-7-5-6-13(12(25)3)22-14-9-21-17(18(20)27)19(23-14)24-15-8-11(2)10-28-15/h4,8-10,12-13H,1,5-7H2,2-3H3,(H2,20,27)(H2,22,23,24)/t12-,13-/m1/s1. The fourth-order valence-corrected chi connectivity index (χ4v) is 4.08. The fraction of sp³-hybridized carbons (Fsp3) is 0.368. The van der Waals surface area contributed by atoms with E-state index in [2.05, 4.69) is 27.2 Å². The highest BCUT2D eigenvalue weighted by Gasteiger charge is 2.30. The Morgan fingerprint density at radius 2 is 2.25 bits per heavy atom. The summed E-state index contributed by atoms with van der Waals surface area (Å²) in [6, 6.07) is 1.95. The Morgan fingerprint density at radius 3 is 2.89 bits per heavy atom. The van der Waals surface area contributed by atoms with E-state index in [1.165, 1.54) is 23.6 Å². The number of aromatic nitrogens is 2. The van der Waals surface area contributed by atoms with Gasteiger partial charge in [0.25, 0.3) is 5.91 Å². The molecule has 0 saturated carbocycles. The smallest absolute Gasteiger partial charge is 0.271 e. The summed E-state index contributed by atoms with van der Waals surface area (Å²) >= 11 is 1.51. The maximum Gasteiger partial charge on any atom is 0.271 e. The van der Waals surface area contributed by atoms with E-state index in [9.17, 15) is 9.59 Å². The fourth-order valence-electron chi connectivity index (χ4n) is 3.29. The number of nitrogens with zero attached hydrogens (tertiary/aromatic N) is 3. The number of nitrogens with one attached hydrogen (secondary N) is 2. The average Bonchev–Trinajstić information content (AvgIpc) is 3.07. The van der Waals surface area contributed by atoms with Crippen molar-refractivity contribution in [2.75, 3.05) is 17.2 Å². The van der Waals surface area contributed by atoms with Gasteiger partial charge >= 0.3 is 0 Å². The van der Waals surface area contributed by atoms with Crippen molar-refractivity contribution in [1.82, 2.24) is 14.9 Å². The number of thiophene rings is 1. The molecule has 2 aromatic heterocycles. The molecule has 3 heterocycles. The summed E-state index contributed by atoms with van der Waals surface area (Å²) in [7, 11) is 0. The van der Waals surface area contributed by atoms with E-state index >= 15 is 0 Å².